The van der Waals surface area contributed by atoms with Crippen molar-refractivity contribution in [3.05, 3.63) is 52.8 Å². The number of anilines is 1. The summed E-state index contributed by atoms with van der Waals surface area (Å²) in [6.07, 6.45) is -0.495. The molecule has 0 heterocycles. The fraction of sp³-hybridized carbons (Fsp3) is 0.211. The normalized spacial score (nSPS) is 11.3. The molecular formula is C19H17ClFNO6. The van der Waals surface area contributed by atoms with Gasteiger partial charge in [-0.05, 0) is 43.3 Å². The number of carbonyl (C=O) groups is 3. The summed E-state index contributed by atoms with van der Waals surface area (Å²) in [6.45, 7) is 0.885. The van der Waals surface area contributed by atoms with E-state index in [2.05, 4.69) is 5.32 Å². The van der Waals surface area contributed by atoms with Gasteiger partial charge in [0.1, 0.15) is 12.1 Å². The summed E-state index contributed by atoms with van der Waals surface area (Å²) in [5.74, 6) is -1.48. The standard InChI is InChI=1S/C19H17ClFNO6/c1-11(19(25)22-15-5-4-13(21)8-14(15)20)28-18(24)10-27-16-6-3-12(9-23)7-17(16)26-2/h3-9,11H,10H2,1-2H3,(H,22,25)/t11-/m0/s1. The Kier molecular flexibility index (Phi) is 7.34. The molecule has 28 heavy (non-hydrogen) atoms. The Morgan fingerprint density at radius 3 is 2.61 bits per heavy atom. The van der Waals surface area contributed by atoms with Gasteiger partial charge in [0.05, 0.1) is 17.8 Å². The Labute approximate surface area is 165 Å². The highest BCUT2D eigenvalue weighted by atomic mass is 35.5. The average molecular weight is 410 g/mol. The second-order valence-electron chi connectivity index (χ2n) is 5.56. The number of rotatable bonds is 8. The minimum absolute atomic E-state index is 0.0149. The predicted octanol–water partition coefficient (Wildman–Crippen LogP) is 3.25. The molecule has 0 aliphatic rings. The Balaban J connectivity index is 1.90. The van der Waals surface area contributed by atoms with Crippen LogP contribution in [0.5, 0.6) is 11.5 Å². The topological polar surface area (TPSA) is 90.9 Å². The third kappa shape index (κ3) is 5.68. The third-order valence-electron chi connectivity index (χ3n) is 3.54. The zero-order valence-electron chi connectivity index (χ0n) is 15.0. The van der Waals surface area contributed by atoms with Gasteiger partial charge in [0.25, 0.3) is 5.91 Å². The molecule has 0 bridgehead atoms. The molecule has 2 aromatic carbocycles. The zero-order chi connectivity index (χ0) is 20.7. The first-order valence-corrected chi connectivity index (χ1v) is 8.43. The molecule has 0 unspecified atom stereocenters. The molecule has 0 saturated heterocycles. The Bertz CT molecular complexity index is 889. The van der Waals surface area contributed by atoms with Crippen molar-refractivity contribution < 1.29 is 33.0 Å². The minimum atomic E-state index is -1.14. The van der Waals surface area contributed by atoms with E-state index in [1.165, 1.54) is 38.3 Å². The van der Waals surface area contributed by atoms with Crippen molar-refractivity contribution in [3.8, 4) is 11.5 Å². The molecule has 2 rings (SSSR count). The number of amides is 1. The monoisotopic (exact) mass is 409 g/mol. The molecule has 0 spiro atoms. The first kappa shape index (κ1) is 21.2. The number of nitrogens with one attached hydrogen (secondary N) is 1. The molecule has 7 nitrogen and oxygen atoms in total. The van der Waals surface area contributed by atoms with Crippen LogP contribution in [0.25, 0.3) is 0 Å². The van der Waals surface area contributed by atoms with E-state index in [1.807, 2.05) is 0 Å². The fourth-order valence-corrected chi connectivity index (χ4v) is 2.34. The molecule has 1 amide bonds. The zero-order valence-corrected chi connectivity index (χ0v) is 15.8. The molecule has 1 atom stereocenters. The quantitative estimate of drug-likeness (QED) is 0.531. The minimum Gasteiger partial charge on any atom is -0.493 e. The molecule has 0 aliphatic carbocycles. The molecule has 9 heteroatoms. The second-order valence-corrected chi connectivity index (χ2v) is 5.97. The van der Waals surface area contributed by atoms with Gasteiger partial charge < -0.3 is 19.5 Å². The van der Waals surface area contributed by atoms with Crippen LogP contribution >= 0.6 is 11.6 Å². The molecule has 2 aromatic rings. The highest BCUT2D eigenvalue weighted by Gasteiger charge is 2.20. The van der Waals surface area contributed by atoms with E-state index < -0.39 is 30.4 Å². The van der Waals surface area contributed by atoms with Gasteiger partial charge in [-0.25, -0.2) is 9.18 Å². The van der Waals surface area contributed by atoms with Crippen LogP contribution in [-0.4, -0.2) is 38.0 Å². The Morgan fingerprint density at radius 2 is 1.96 bits per heavy atom. The van der Waals surface area contributed by atoms with Crippen LogP contribution < -0.4 is 14.8 Å². The van der Waals surface area contributed by atoms with E-state index in [4.69, 9.17) is 25.8 Å². The van der Waals surface area contributed by atoms with E-state index >= 15 is 0 Å². The van der Waals surface area contributed by atoms with E-state index in [-0.39, 0.29) is 22.2 Å². The summed E-state index contributed by atoms with van der Waals surface area (Å²) in [7, 11) is 1.39. The van der Waals surface area contributed by atoms with Gasteiger partial charge in [0.15, 0.2) is 24.2 Å². The SMILES string of the molecule is COc1cc(C=O)ccc1OCC(=O)O[C@@H](C)C(=O)Nc1ccc(F)cc1Cl. The largest absolute Gasteiger partial charge is 0.493 e. The van der Waals surface area contributed by atoms with Crippen LogP contribution in [-0.2, 0) is 14.3 Å². The van der Waals surface area contributed by atoms with Gasteiger partial charge >= 0.3 is 5.97 Å². The maximum atomic E-state index is 13.0. The number of hydrogen-bond donors (Lipinski definition) is 1. The molecule has 0 radical (unpaired) electrons. The number of carbonyl (C=O) groups excluding carboxylic acids is 3. The maximum Gasteiger partial charge on any atom is 0.344 e. The number of ether oxygens (including phenoxy) is 3. The van der Waals surface area contributed by atoms with Crippen molar-refractivity contribution in [1.29, 1.82) is 0 Å². The molecule has 148 valence electrons. The third-order valence-corrected chi connectivity index (χ3v) is 3.85. The van der Waals surface area contributed by atoms with E-state index in [1.54, 1.807) is 0 Å². The van der Waals surface area contributed by atoms with Gasteiger partial charge in [-0.3, -0.25) is 9.59 Å². The van der Waals surface area contributed by atoms with Crippen molar-refractivity contribution in [1.82, 2.24) is 0 Å². The van der Waals surface area contributed by atoms with Crippen LogP contribution in [0, 0.1) is 5.82 Å². The van der Waals surface area contributed by atoms with E-state index in [9.17, 15) is 18.8 Å². The molecule has 0 saturated carbocycles. The summed E-state index contributed by atoms with van der Waals surface area (Å²) < 4.78 is 28.4. The molecule has 1 N–H and O–H groups in total. The van der Waals surface area contributed by atoms with Crippen LogP contribution in [0.15, 0.2) is 36.4 Å². The summed E-state index contributed by atoms with van der Waals surface area (Å²) in [5.41, 5.74) is 0.573. The Morgan fingerprint density at radius 1 is 1.21 bits per heavy atom. The maximum absolute atomic E-state index is 13.0. The lowest BCUT2D eigenvalue weighted by molar-refractivity contribution is -0.155. The van der Waals surface area contributed by atoms with Crippen molar-refractivity contribution in [2.75, 3.05) is 19.0 Å². The number of benzene rings is 2. The lowest BCUT2D eigenvalue weighted by Gasteiger charge is -2.15. The molecular weight excluding hydrogens is 393 g/mol. The predicted molar refractivity (Wildman–Crippen MR) is 99.5 cm³/mol. The summed E-state index contributed by atoms with van der Waals surface area (Å²) in [4.78, 5) is 34.8. The fourth-order valence-electron chi connectivity index (χ4n) is 2.12. The summed E-state index contributed by atoms with van der Waals surface area (Å²) in [5, 5.41) is 2.45. The van der Waals surface area contributed by atoms with Gasteiger partial charge in [0, 0.05) is 5.56 Å². The van der Waals surface area contributed by atoms with Crippen molar-refractivity contribution in [2.45, 2.75) is 13.0 Å². The van der Waals surface area contributed by atoms with Crippen LogP contribution in [0.2, 0.25) is 5.02 Å². The molecule has 0 aliphatic heterocycles. The number of hydrogen-bond acceptors (Lipinski definition) is 6. The van der Waals surface area contributed by atoms with Gasteiger partial charge in [-0.15, -0.1) is 0 Å². The number of aldehydes is 1. The smallest absolute Gasteiger partial charge is 0.344 e. The Hall–Kier alpha value is -3.13. The van der Waals surface area contributed by atoms with Gasteiger partial charge in [0.2, 0.25) is 0 Å². The van der Waals surface area contributed by atoms with Crippen LogP contribution in [0.1, 0.15) is 17.3 Å². The van der Waals surface area contributed by atoms with Crippen LogP contribution in [0.4, 0.5) is 10.1 Å². The number of methoxy groups -OCH3 is 1. The van der Waals surface area contributed by atoms with Crippen molar-refractivity contribution in [3.63, 3.8) is 0 Å². The van der Waals surface area contributed by atoms with Gasteiger partial charge in [-0.1, -0.05) is 11.6 Å². The van der Waals surface area contributed by atoms with Crippen LogP contribution in [0.3, 0.4) is 0 Å². The number of esters is 1. The lowest BCUT2D eigenvalue weighted by atomic mass is 10.2. The number of halogens is 2. The lowest BCUT2D eigenvalue weighted by Crippen LogP contribution is -2.31. The van der Waals surface area contributed by atoms with Crippen molar-refractivity contribution in [2.24, 2.45) is 0 Å². The average Bonchev–Trinajstić information content (AvgIpc) is 2.68. The second kappa shape index (κ2) is 9.70. The van der Waals surface area contributed by atoms with Gasteiger partial charge in [-0.2, -0.15) is 0 Å². The first-order chi connectivity index (χ1) is 13.3. The van der Waals surface area contributed by atoms with Crippen molar-refractivity contribution >= 4 is 35.5 Å². The highest BCUT2D eigenvalue weighted by Crippen LogP contribution is 2.27. The van der Waals surface area contributed by atoms with E-state index in [0.29, 0.717) is 11.8 Å². The molecule has 0 fully saturated rings. The highest BCUT2D eigenvalue weighted by molar-refractivity contribution is 6.33. The molecule has 0 aromatic heterocycles. The van der Waals surface area contributed by atoms with E-state index in [0.717, 1.165) is 12.1 Å². The summed E-state index contributed by atoms with van der Waals surface area (Å²) >= 11 is 5.84. The first-order valence-electron chi connectivity index (χ1n) is 8.05. The summed E-state index contributed by atoms with van der Waals surface area (Å²) in [6, 6.07) is 7.90.